The molecule has 2 rings (SSSR count). The Labute approximate surface area is 154 Å². The lowest BCUT2D eigenvalue weighted by Gasteiger charge is -2.23. The van der Waals surface area contributed by atoms with Crippen LogP contribution in [0.25, 0.3) is 0 Å². The predicted molar refractivity (Wildman–Crippen MR) is 88.4 cm³/mol. The Morgan fingerprint density at radius 3 is 2.56 bits per heavy atom. The van der Waals surface area contributed by atoms with Crippen LogP contribution in [-0.2, 0) is 19.1 Å². The fourth-order valence-corrected chi connectivity index (χ4v) is 2.15. The molecule has 0 spiro atoms. The van der Waals surface area contributed by atoms with E-state index < -0.39 is 30.9 Å². The van der Waals surface area contributed by atoms with Crippen LogP contribution in [0.1, 0.15) is 30.1 Å². The highest BCUT2D eigenvalue weighted by Gasteiger charge is 2.26. The van der Waals surface area contributed by atoms with Gasteiger partial charge in [0.1, 0.15) is 0 Å². The van der Waals surface area contributed by atoms with E-state index in [0.717, 1.165) is 4.90 Å². The molecule has 10 nitrogen and oxygen atoms in total. The normalized spacial score (nSPS) is 12.8. The van der Waals surface area contributed by atoms with Crippen LogP contribution >= 0.6 is 0 Å². The van der Waals surface area contributed by atoms with E-state index in [2.05, 4.69) is 4.74 Å². The van der Waals surface area contributed by atoms with Gasteiger partial charge in [0.05, 0.1) is 18.9 Å². The Morgan fingerprint density at radius 2 is 1.85 bits per heavy atom. The Balaban J connectivity index is 1.83. The zero-order valence-electron chi connectivity index (χ0n) is 14.8. The zero-order chi connectivity index (χ0) is 20.0. The zero-order valence-corrected chi connectivity index (χ0v) is 14.8. The molecule has 0 fully saturated rings. The van der Waals surface area contributed by atoms with E-state index in [4.69, 9.17) is 19.3 Å². The van der Waals surface area contributed by atoms with Gasteiger partial charge >= 0.3 is 18.0 Å². The molecule has 1 aliphatic rings. The van der Waals surface area contributed by atoms with Gasteiger partial charge in [0.2, 0.25) is 13.6 Å². The van der Waals surface area contributed by atoms with Gasteiger partial charge in [-0.3, -0.25) is 14.4 Å². The number of nitrogens with zero attached hydrogens (tertiary/aromatic N) is 1. The largest absolute Gasteiger partial charge is 0.481 e. The number of likely N-dealkylation sites (N-methyl/N-ethyl adjacent to an activating group) is 1. The molecular weight excluding hydrogens is 362 g/mol. The van der Waals surface area contributed by atoms with Gasteiger partial charge in [-0.1, -0.05) is 0 Å². The van der Waals surface area contributed by atoms with Gasteiger partial charge in [-0.05, 0) is 25.1 Å². The fourth-order valence-electron chi connectivity index (χ4n) is 2.15. The summed E-state index contributed by atoms with van der Waals surface area (Å²) in [5.41, 5.74) is 0.339. The average molecular weight is 381 g/mol. The minimum Gasteiger partial charge on any atom is -0.481 e. The second-order valence-electron chi connectivity index (χ2n) is 5.66. The smallest absolute Gasteiger partial charge is 0.413 e. The lowest BCUT2D eigenvalue weighted by atomic mass is 10.0. The van der Waals surface area contributed by atoms with Crippen molar-refractivity contribution in [1.82, 2.24) is 4.90 Å². The molecule has 1 aliphatic heterocycles. The van der Waals surface area contributed by atoms with E-state index in [1.165, 1.54) is 20.0 Å². The fraction of sp³-hybridized carbons (Fsp3) is 0.412. The van der Waals surface area contributed by atoms with Crippen LogP contribution in [0.5, 0.6) is 11.5 Å². The third kappa shape index (κ3) is 5.33. The van der Waals surface area contributed by atoms with E-state index in [0.29, 0.717) is 17.1 Å². The van der Waals surface area contributed by atoms with Crippen LogP contribution in [0.2, 0.25) is 0 Å². The average Bonchev–Trinajstić information content (AvgIpc) is 3.12. The van der Waals surface area contributed by atoms with Crippen molar-refractivity contribution in [2.24, 2.45) is 0 Å². The van der Waals surface area contributed by atoms with Crippen LogP contribution in [0, 0.1) is 0 Å². The molecule has 1 heterocycles. The van der Waals surface area contributed by atoms with Crippen molar-refractivity contribution >= 4 is 23.8 Å². The molecule has 1 unspecified atom stereocenters. The lowest BCUT2D eigenvalue weighted by molar-refractivity contribution is -0.154. The van der Waals surface area contributed by atoms with Crippen LogP contribution in [0.15, 0.2) is 18.2 Å². The van der Waals surface area contributed by atoms with E-state index in [1.54, 1.807) is 12.1 Å². The summed E-state index contributed by atoms with van der Waals surface area (Å²) in [6.45, 7) is 0.930. The molecule has 1 atom stereocenters. The number of carbonyl (C=O) groups is 4. The second-order valence-corrected chi connectivity index (χ2v) is 5.66. The minimum atomic E-state index is -1.14. The molecule has 1 aromatic carbocycles. The lowest BCUT2D eigenvalue weighted by Crippen LogP contribution is -2.41. The standard InChI is InChI=1S/C17H19NO9/c1-10(16(22)11-3-4-12-13(7-11)25-8-24-12)18(2)17(23)27-9-26-15(21)6-5-14(19)20/h3-4,7,10H,5-6,8-9H2,1-2H3,(H,19,20). The van der Waals surface area contributed by atoms with Crippen LogP contribution < -0.4 is 9.47 Å². The number of carbonyl (C=O) groups excluding carboxylic acids is 3. The third-order valence-electron chi connectivity index (χ3n) is 3.85. The Morgan fingerprint density at radius 1 is 1.15 bits per heavy atom. The molecule has 0 saturated heterocycles. The maximum Gasteiger partial charge on any atom is 0.413 e. The van der Waals surface area contributed by atoms with Crippen molar-refractivity contribution in [2.45, 2.75) is 25.8 Å². The first kappa shape index (κ1) is 20.0. The SMILES string of the molecule is CC(C(=O)c1ccc2c(c1)OCO2)N(C)C(=O)OCOC(=O)CCC(=O)O. The number of carboxylic acid groups (broad SMARTS) is 1. The van der Waals surface area contributed by atoms with Gasteiger partial charge in [0.15, 0.2) is 17.3 Å². The maximum atomic E-state index is 12.5. The Kier molecular flexibility index (Phi) is 6.58. The summed E-state index contributed by atoms with van der Waals surface area (Å²) in [6, 6.07) is 3.86. The number of rotatable bonds is 8. The Bertz CT molecular complexity index is 746. The first-order chi connectivity index (χ1) is 12.8. The Hall–Kier alpha value is -3.30. The van der Waals surface area contributed by atoms with Gasteiger partial charge in [0.25, 0.3) is 0 Å². The third-order valence-corrected chi connectivity index (χ3v) is 3.85. The monoisotopic (exact) mass is 381 g/mol. The second kappa shape index (κ2) is 8.88. The summed E-state index contributed by atoms with van der Waals surface area (Å²) in [7, 11) is 1.37. The van der Waals surface area contributed by atoms with Crippen LogP contribution in [-0.4, -0.2) is 60.5 Å². The molecule has 27 heavy (non-hydrogen) atoms. The number of amides is 1. The van der Waals surface area contributed by atoms with Gasteiger partial charge in [-0.15, -0.1) is 0 Å². The van der Waals surface area contributed by atoms with Gasteiger partial charge in [0, 0.05) is 12.6 Å². The van der Waals surface area contributed by atoms with Crippen molar-refractivity contribution < 1.29 is 43.2 Å². The van der Waals surface area contributed by atoms with E-state index in [9.17, 15) is 19.2 Å². The summed E-state index contributed by atoms with van der Waals surface area (Å²) in [6.07, 6.45) is -1.59. The molecule has 1 aromatic rings. The number of aliphatic carboxylic acids is 1. The molecule has 1 amide bonds. The molecule has 146 valence electrons. The van der Waals surface area contributed by atoms with Crippen molar-refractivity contribution in [3.05, 3.63) is 23.8 Å². The molecule has 0 bridgehead atoms. The van der Waals surface area contributed by atoms with E-state index in [-0.39, 0.29) is 25.4 Å². The first-order valence-electron chi connectivity index (χ1n) is 8.00. The summed E-state index contributed by atoms with van der Waals surface area (Å²) in [5, 5.41) is 8.46. The van der Waals surface area contributed by atoms with Crippen molar-refractivity contribution in [1.29, 1.82) is 0 Å². The van der Waals surface area contributed by atoms with Gasteiger partial charge < -0.3 is 29.0 Å². The number of carboxylic acids is 1. The number of ketones is 1. The number of hydrogen-bond acceptors (Lipinski definition) is 8. The quantitative estimate of drug-likeness (QED) is 0.404. The number of Topliss-reactive ketones (excluding diaryl/α,β-unsaturated/α-hetero) is 1. The maximum absolute atomic E-state index is 12.5. The highest BCUT2D eigenvalue weighted by atomic mass is 16.7. The predicted octanol–water partition coefficient (Wildman–Crippen LogP) is 1.42. The molecule has 0 saturated carbocycles. The molecule has 0 aliphatic carbocycles. The topological polar surface area (TPSA) is 129 Å². The van der Waals surface area contributed by atoms with Crippen LogP contribution in [0.3, 0.4) is 0 Å². The highest BCUT2D eigenvalue weighted by Crippen LogP contribution is 2.32. The molecular formula is C17H19NO9. The molecule has 10 heteroatoms. The first-order valence-corrected chi connectivity index (χ1v) is 8.00. The summed E-state index contributed by atoms with van der Waals surface area (Å²) >= 11 is 0. The number of hydrogen-bond donors (Lipinski definition) is 1. The molecule has 0 radical (unpaired) electrons. The molecule has 0 aromatic heterocycles. The summed E-state index contributed by atoms with van der Waals surface area (Å²) in [4.78, 5) is 47.2. The number of esters is 1. The van der Waals surface area contributed by atoms with Crippen LogP contribution in [0.4, 0.5) is 4.79 Å². The number of ether oxygens (including phenoxy) is 4. The van der Waals surface area contributed by atoms with Gasteiger partial charge in [-0.2, -0.15) is 0 Å². The number of benzene rings is 1. The van der Waals surface area contributed by atoms with E-state index in [1.807, 2.05) is 0 Å². The van der Waals surface area contributed by atoms with Gasteiger partial charge in [-0.25, -0.2) is 4.79 Å². The van der Waals surface area contributed by atoms with Crippen molar-refractivity contribution in [3.8, 4) is 11.5 Å². The van der Waals surface area contributed by atoms with E-state index >= 15 is 0 Å². The summed E-state index contributed by atoms with van der Waals surface area (Å²) < 4.78 is 19.8. The highest BCUT2D eigenvalue weighted by molar-refractivity contribution is 6.01. The minimum absolute atomic E-state index is 0.0833. The van der Waals surface area contributed by atoms with Crippen molar-refractivity contribution in [3.63, 3.8) is 0 Å². The molecule has 1 N–H and O–H groups in total. The van der Waals surface area contributed by atoms with Crippen molar-refractivity contribution in [2.75, 3.05) is 20.6 Å². The summed E-state index contributed by atoms with van der Waals surface area (Å²) in [5.74, 6) is -1.30. The number of fused-ring (bicyclic) bond motifs is 1.